The second kappa shape index (κ2) is 5.96. The lowest BCUT2D eigenvalue weighted by Crippen LogP contribution is -2.01. The topological polar surface area (TPSA) is 38.7 Å². The Morgan fingerprint density at radius 1 is 1.41 bits per heavy atom. The molecule has 0 fully saturated rings. The smallest absolute Gasteiger partial charge is 0.302 e. The number of esters is 1. The Hall–Kier alpha value is -1.16. The molecule has 0 N–H and O–H groups in total. The molecule has 1 atom stereocenters. The van der Waals surface area contributed by atoms with Crippen LogP contribution in [0.4, 0.5) is 0 Å². The Morgan fingerprint density at radius 2 is 2.24 bits per heavy atom. The molecule has 92 valence electrons. The fourth-order valence-corrected chi connectivity index (χ4v) is 3.85. The molecule has 0 saturated carbocycles. The molecule has 2 rings (SSSR count). The molecule has 1 aromatic carbocycles. The Bertz CT molecular complexity index is 524. The zero-order valence-corrected chi connectivity index (χ0v) is 10.8. The van der Waals surface area contributed by atoms with Gasteiger partial charge in [0.25, 0.3) is 0 Å². The highest BCUT2D eigenvalue weighted by Gasteiger charge is 2.04. The van der Waals surface area contributed by atoms with Crippen LogP contribution in [-0.2, 0) is 9.53 Å². The molecule has 17 heavy (non-hydrogen) atoms. The van der Waals surface area contributed by atoms with Crippen LogP contribution in [0.3, 0.4) is 0 Å². The number of fused-ring (bicyclic) bond motifs is 1. The highest BCUT2D eigenvalue weighted by Crippen LogP contribution is 2.21. The molecule has 0 amide bonds. The number of para-hydroxylation sites is 1. The van der Waals surface area contributed by atoms with Gasteiger partial charge in [-0.2, -0.15) is 10.5 Å². The van der Waals surface area contributed by atoms with Crippen LogP contribution in [0.15, 0.2) is 29.3 Å². The van der Waals surface area contributed by atoms with Crippen LogP contribution in [0.25, 0.3) is 0 Å². The zero-order chi connectivity index (χ0) is 12.1. The molecule has 0 saturated heterocycles. The molecule has 0 radical (unpaired) electrons. The molecular formula is C13H17NO2S. The van der Waals surface area contributed by atoms with Gasteiger partial charge in [0.2, 0.25) is 0 Å². The summed E-state index contributed by atoms with van der Waals surface area (Å²) in [5.41, 5.74) is 0. The summed E-state index contributed by atoms with van der Waals surface area (Å²) < 4.78 is 6.32. The van der Waals surface area contributed by atoms with Gasteiger partial charge in [-0.05, 0) is 30.7 Å². The van der Waals surface area contributed by atoms with E-state index in [0.29, 0.717) is 6.61 Å². The number of nitrogens with zero attached hydrogens (tertiary/aromatic N) is 1. The molecule has 3 nitrogen and oxygen atoms in total. The van der Waals surface area contributed by atoms with Crippen LogP contribution in [0, 0.1) is 4.51 Å². The fourth-order valence-electron chi connectivity index (χ4n) is 1.82. The normalized spacial score (nSPS) is 17.4. The van der Waals surface area contributed by atoms with E-state index in [1.165, 1.54) is 11.4 Å². The van der Waals surface area contributed by atoms with Gasteiger partial charge >= 0.3 is 5.97 Å². The maximum Gasteiger partial charge on any atom is 0.302 e. The van der Waals surface area contributed by atoms with Gasteiger partial charge in [-0.1, -0.05) is 12.1 Å². The Kier molecular flexibility index (Phi) is 4.31. The number of unbranched alkanes of at least 4 members (excludes halogenated alkanes) is 1. The summed E-state index contributed by atoms with van der Waals surface area (Å²) in [6, 6.07) is 8.39. The monoisotopic (exact) mass is 251 g/mol. The second-order valence-corrected chi connectivity index (χ2v) is 6.09. The predicted octanol–water partition coefficient (Wildman–Crippen LogP) is 2.14. The zero-order valence-electron chi connectivity index (χ0n) is 10.0. The average molecular weight is 251 g/mol. The van der Waals surface area contributed by atoms with Crippen molar-refractivity contribution in [3.05, 3.63) is 34.1 Å². The minimum absolute atomic E-state index is 0.186. The van der Waals surface area contributed by atoms with E-state index < -0.39 is 0 Å². The van der Waals surface area contributed by atoms with Crippen LogP contribution in [0.5, 0.6) is 0 Å². The molecule has 1 aliphatic heterocycles. The van der Waals surface area contributed by atoms with Gasteiger partial charge in [-0.15, -0.1) is 0 Å². The van der Waals surface area contributed by atoms with Crippen LogP contribution in [-0.4, -0.2) is 24.2 Å². The van der Waals surface area contributed by atoms with Gasteiger partial charge < -0.3 is 4.74 Å². The minimum atomic E-state index is -0.186. The number of benzene rings is 1. The Morgan fingerprint density at radius 3 is 3.06 bits per heavy atom. The summed E-state index contributed by atoms with van der Waals surface area (Å²) in [5, 5.41) is 1.16. The average Bonchev–Trinajstić information content (AvgIpc) is 2.72. The van der Waals surface area contributed by atoms with Crippen LogP contribution in [0.1, 0.15) is 19.8 Å². The van der Waals surface area contributed by atoms with E-state index in [9.17, 15) is 4.79 Å². The first kappa shape index (κ1) is 12.3. The number of carbonyl (C=O) groups excluding carboxylic acids is 1. The van der Waals surface area contributed by atoms with Crippen molar-refractivity contribution in [2.24, 2.45) is 4.99 Å². The summed E-state index contributed by atoms with van der Waals surface area (Å²) in [7, 11) is 0.276. The van der Waals surface area contributed by atoms with Crippen molar-refractivity contribution in [3.8, 4) is 0 Å². The third kappa shape index (κ3) is 3.40. The van der Waals surface area contributed by atoms with Crippen molar-refractivity contribution in [1.82, 2.24) is 0 Å². The van der Waals surface area contributed by atoms with Crippen LogP contribution >= 0.6 is 10.5 Å². The minimum Gasteiger partial charge on any atom is -0.466 e. The number of hydrogen-bond acceptors (Lipinski definition) is 3. The summed E-state index contributed by atoms with van der Waals surface area (Å²) in [4.78, 5) is 15.1. The van der Waals surface area contributed by atoms with Crippen molar-refractivity contribution in [2.75, 3.05) is 18.2 Å². The molecule has 4 heteroatoms. The maximum absolute atomic E-state index is 10.6. The van der Waals surface area contributed by atoms with E-state index in [1.54, 1.807) is 0 Å². The summed E-state index contributed by atoms with van der Waals surface area (Å²) >= 11 is 0. The fraction of sp³-hybridized carbons (Fsp3) is 0.462. The van der Waals surface area contributed by atoms with Crippen molar-refractivity contribution in [3.63, 3.8) is 0 Å². The standard InChI is InChI=1S/C13H17NO2S/c1-11(15)16-8-4-5-9-17-10-14-12-6-2-3-7-13(12)17/h2-3,6-7H,4-5,8-10H2,1H3. The number of rotatable bonds is 5. The molecule has 1 aliphatic rings. The summed E-state index contributed by atoms with van der Waals surface area (Å²) in [6.07, 6.45) is 2.05. The lowest BCUT2D eigenvalue weighted by molar-refractivity contribution is -0.141. The van der Waals surface area contributed by atoms with E-state index in [0.717, 1.165) is 29.8 Å². The third-order valence-electron chi connectivity index (χ3n) is 2.66. The highest BCUT2D eigenvalue weighted by atomic mass is 32.2. The van der Waals surface area contributed by atoms with Crippen molar-refractivity contribution >= 4 is 16.5 Å². The SMILES string of the molecule is CC(=O)OCCCCS1=c2ccccc2=NC1. The summed E-state index contributed by atoms with van der Waals surface area (Å²) in [5.74, 6) is 1.91. The van der Waals surface area contributed by atoms with E-state index in [2.05, 4.69) is 23.2 Å². The first-order chi connectivity index (χ1) is 8.27. The van der Waals surface area contributed by atoms with Crippen LogP contribution in [0.2, 0.25) is 0 Å². The van der Waals surface area contributed by atoms with Crippen molar-refractivity contribution in [1.29, 1.82) is 0 Å². The number of hydrogen-bond donors (Lipinski definition) is 0. The highest BCUT2D eigenvalue weighted by molar-refractivity contribution is 8.09. The van der Waals surface area contributed by atoms with Crippen molar-refractivity contribution in [2.45, 2.75) is 19.8 Å². The van der Waals surface area contributed by atoms with E-state index in [4.69, 9.17) is 4.74 Å². The van der Waals surface area contributed by atoms with E-state index in [1.807, 2.05) is 6.07 Å². The largest absolute Gasteiger partial charge is 0.466 e. The van der Waals surface area contributed by atoms with Gasteiger partial charge in [0.1, 0.15) is 0 Å². The van der Waals surface area contributed by atoms with Gasteiger partial charge in [0.05, 0.1) is 17.8 Å². The quantitative estimate of drug-likeness (QED) is 0.457. The predicted molar refractivity (Wildman–Crippen MR) is 69.6 cm³/mol. The van der Waals surface area contributed by atoms with E-state index in [-0.39, 0.29) is 16.5 Å². The van der Waals surface area contributed by atoms with Crippen LogP contribution < -0.4 is 5.36 Å². The molecule has 0 aromatic heterocycles. The summed E-state index contributed by atoms with van der Waals surface area (Å²) in [6.45, 7) is 2.00. The van der Waals surface area contributed by atoms with Crippen molar-refractivity contribution < 1.29 is 9.53 Å². The van der Waals surface area contributed by atoms with Gasteiger partial charge in [-0.3, -0.25) is 9.79 Å². The third-order valence-corrected chi connectivity index (χ3v) is 4.85. The lowest BCUT2D eigenvalue weighted by Gasteiger charge is -2.04. The first-order valence-corrected chi connectivity index (χ1v) is 7.41. The molecule has 1 unspecified atom stereocenters. The number of carbonyl (C=O) groups is 1. The lowest BCUT2D eigenvalue weighted by atomic mass is 10.3. The van der Waals surface area contributed by atoms with E-state index >= 15 is 0 Å². The molecule has 0 spiro atoms. The maximum atomic E-state index is 10.6. The molecule has 1 aromatic rings. The van der Waals surface area contributed by atoms with Gasteiger partial charge in [-0.25, -0.2) is 0 Å². The van der Waals surface area contributed by atoms with Gasteiger partial charge in [0.15, 0.2) is 0 Å². The molecular weight excluding hydrogens is 234 g/mol. The number of ether oxygens (including phenoxy) is 1. The first-order valence-electron chi connectivity index (χ1n) is 5.85. The van der Waals surface area contributed by atoms with Gasteiger partial charge in [0, 0.05) is 11.4 Å². The second-order valence-electron chi connectivity index (χ2n) is 4.00. The molecule has 0 bridgehead atoms. The molecule has 1 heterocycles. The molecule has 0 aliphatic carbocycles. The Balaban J connectivity index is 1.86. The Labute approximate surface area is 103 Å².